The van der Waals surface area contributed by atoms with E-state index in [1.54, 1.807) is 6.07 Å². The highest BCUT2D eigenvalue weighted by atomic mass is 35.5. The van der Waals surface area contributed by atoms with Gasteiger partial charge in [0.25, 0.3) is 5.91 Å². The molecule has 3 aromatic rings. The molecule has 2 heterocycles. The van der Waals surface area contributed by atoms with Crippen molar-refractivity contribution >= 4 is 34.4 Å². The summed E-state index contributed by atoms with van der Waals surface area (Å²) in [5.74, 6) is -0.0523. The van der Waals surface area contributed by atoms with Gasteiger partial charge in [0.15, 0.2) is 0 Å². The number of aromatic nitrogens is 1. The largest absolute Gasteiger partial charge is 0.468 e. The second-order valence-corrected chi connectivity index (χ2v) is 9.16. The maximum absolute atomic E-state index is 13.4. The Balaban J connectivity index is 1.64. The number of methoxy groups -OCH3 is 1. The molecule has 1 aliphatic rings. The van der Waals surface area contributed by atoms with E-state index in [1.807, 2.05) is 42.5 Å². The lowest BCUT2D eigenvalue weighted by Gasteiger charge is -2.23. The first-order valence-corrected chi connectivity index (χ1v) is 11.2. The Bertz CT molecular complexity index is 1130. The molecule has 0 bridgehead atoms. The molecule has 4 rings (SSSR count). The highest BCUT2D eigenvalue weighted by Crippen LogP contribution is 2.34. The Hall–Kier alpha value is -2.83. The predicted octanol–water partition coefficient (Wildman–Crippen LogP) is 4.49. The molecule has 0 aliphatic carbocycles. The molecule has 1 fully saturated rings. The highest BCUT2D eigenvalue weighted by molar-refractivity contribution is 6.31. The highest BCUT2D eigenvalue weighted by Gasteiger charge is 2.38. The van der Waals surface area contributed by atoms with Crippen LogP contribution in [-0.2, 0) is 9.53 Å². The number of fused-ring (bicyclic) bond motifs is 1. The van der Waals surface area contributed by atoms with Crippen LogP contribution in [-0.4, -0.2) is 54.0 Å². The molecule has 0 radical (unpaired) electrons. The molecule has 1 amide bonds. The lowest BCUT2D eigenvalue weighted by atomic mass is 10.0. The van der Waals surface area contributed by atoms with Crippen molar-refractivity contribution in [2.24, 2.45) is 5.92 Å². The molecule has 32 heavy (non-hydrogen) atoms. The fourth-order valence-corrected chi connectivity index (χ4v) is 4.73. The normalized spacial score (nSPS) is 18.9. The van der Waals surface area contributed by atoms with Crippen molar-refractivity contribution in [2.75, 3.05) is 20.2 Å². The van der Waals surface area contributed by atoms with Crippen molar-refractivity contribution < 1.29 is 14.3 Å². The molecular weight excluding hydrogens is 426 g/mol. The number of halogens is 1. The van der Waals surface area contributed by atoms with Crippen LogP contribution in [0.1, 0.15) is 30.8 Å². The van der Waals surface area contributed by atoms with Gasteiger partial charge >= 0.3 is 5.97 Å². The van der Waals surface area contributed by atoms with Crippen LogP contribution >= 0.6 is 11.6 Å². The minimum absolute atomic E-state index is 0.149. The maximum atomic E-state index is 13.4. The summed E-state index contributed by atoms with van der Waals surface area (Å²) in [5, 5.41) is 4.65. The van der Waals surface area contributed by atoms with E-state index >= 15 is 0 Å². The van der Waals surface area contributed by atoms with Gasteiger partial charge in [-0.05, 0) is 36.1 Å². The Kier molecular flexibility index (Phi) is 6.53. The summed E-state index contributed by atoms with van der Waals surface area (Å²) in [4.78, 5) is 31.1. The number of aromatic amines is 1. The van der Waals surface area contributed by atoms with Crippen LogP contribution in [0.15, 0.2) is 48.5 Å². The van der Waals surface area contributed by atoms with Crippen LogP contribution in [0.2, 0.25) is 5.02 Å². The number of ether oxygens (including phenoxy) is 1. The second-order valence-electron chi connectivity index (χ2n) is 8.72. The van der Waals surface area contributed by atoms with Gasteiger partial charge in [-0.2, -0.15) is 0 Å². The van der Waals surface area contributed by atoms with E-state index in [0.717, 1.165) is 28.6 Å². The molecule has 2 atom stereocenters. The van der Waals surface area contributed by atoms with Gasteiger partial charge in [0.1, 0.15) is 11.7 Å². The van der Waals surface area contributed by atoms with Gasteiger partial charge in [0.05, 0.1) is 7.11 Å². The average molecular weight is 454 g/mol. The molecule has 7 heteroatoms. The summed E-state index contributed by atoms with van der Waals surface area (Å²) in [5.41, 5.74) is 3.10. The van der Waals surface area contributed by atoms with Crippen molar-refractivity contribution in [1.82, 2.24) is 15.2 Å². The summed E-state index contributed by atoms with van der Waals surface area (Å²) in [7, 11) is 1.41. The summed E-state index contributed by atoms with van der Waals surface area (Å²) in [6.45, 7) is 5.60. The second kappa shape index (κ2) is 9.35. The van der Waals surface area contributed by atoms with Crippen LogP contribution in [0.5, 0.6) is 0 Å². The van der Waals surface area contributed by atoms with Crippen LogP contribution in [0, 0.1) is 5.92 Å². The third-order valence-electron chi connectivity index (χ3n) is 5.86. The first-order chi connectivity index (χ1) is 15.4. The monoisotopic (exact) mass is 453 g/mol. The van der Waals surface area contributed by atoms with Gasteiger partial charge in [-0.3, -0.25) is 14.5 Å². The zero-order valence-electron chi connectivity index (χ0n) is 18.5. The minimum atomic E-state index is -0.345. The molecular formula is C25H28ClN3O3. The van der Waals surface area contributed by atoms with Crippen molar-refractivity contribution in [1.29, 1.82) is 0 Å². The smallest absolute Gasteiger partial charge is 0.323 e. The minimum Gasteiger partial charge on any atom is -0.468 e. The van der Waals surface area contributed by atoms with Crippen molar-refractivity contribution in [2.45, 2.75) is 32.4 Å². The van der Waals surface area contributed by atoms with Crippen LogP contribution in [0.3, 0.4) is 0 Å². The van der Waals surface area contributed by atoms with Crippen LogP contribution in [0.4, 0.5) is 0 Å². The number of hydrogen-bond acceptors (Lipinski definition) is 4. The molecule has 2 N–H and O–H groups in total. The molecule has 1 aliphatic heterocycles. The number of likely N-dealkylation sites (tertiary alicyclic amines) is 1. The third kappa shape index (κ3) is 4.52. The Morgan fingerprint density at radius 3 is 2.66 bits per heavy atom. The number of H-pyrrole nitrogens is 1. The Morgan fingerprint density at radius 1 is 1.22 bits per heavy atom. The SMILES string of the molecule is COC(=O)[C@@H]1C[C@@H](NC(=O)c2[nH]c3ccc(Cl)cc3c2-c2ccccc2)CN1CC(C)C. The van der Waals surface area contributed by atoms with Crippen LogP contribution in [0.25, 0.3) is 22.0 Å². The lowest BCUT2D eigenvalue weighted by Crippen LogP contribution is -2.40. The fourth-order valence-electron chi connectivity index (χ4n) is 4.56. The van der Waals surface area contributed by atoms with Crippen LogP contribution < -0.4 is 5.32 Å². The van der Waals surface area contributed by atoms with Crippen molar-refractivity contribution in [3.8, 4) is 11.1 Å². The Morgan fingerprint density at radius 2 is 1.97 bits per heavy atom. The number of carbonyl (C=O) groups excluding carboxylic acids is 2. The van der Waals surface area contributed by atoms with E-state index < -0.39 is 0 Å². The number of nitrogens with one attached hydrogen (secondary N) is 2. The van der Waals surface area contributed by atoms with E-state index in [0.29, 0.717) is 29.6 Å². The van der Waals surface area contributed by atoms with E-state index in [1.165, 1.54) is 7.11 Å². The predicted molar refractivity (Wildman–Crippen MR) is 127 cm³/mol. The van der Waals surface area contributed by atoms with Gasteiger partial charge < -0.3 is 15.0 Å². The quantitative estimate of drug-likeness (QED) is 0.539. The number of benzene rings is 2. The number of esters is 1. The fraction of sp³-hybridized carbons (Fsp3) is 0.360. The zero-order chi connectivity index (χ0) is 22.8. The first kappa shape index (κ1) is 22.4. The first-order valence-electron chi connectivity index (χ1n) is 10.9. The van der Waals surface area contributed by atoms with Crippen molar-refractivity contribution in [3.05, 3.63) is 59.2 Å². The summed E-state index contributed by atoms with van der Waals surface area (Å²) in [6, 6.07) is 14.9. The zero-order valence-corrected chi connectivity index (χ0v) is 19.3. The molecule has 1 saturated heterocycles. The number of hydrogen-bond donors (Lipinski definition) is 2. The van der Waals surface area contributed by atoms with Gasteiger partial charge in [-0.15, -0.1) is 0 Å². The Labute approximate surface area is 192 Å². The number of carbonyl (C=O) groups is 2. The third-order valence-corrected chi connectivity index (χ3v) is 6.10. The van der Waals surface area contributed by atoms with Gasteiger partial charge in [0, 0.05) is 40.6 Å². The lowest BCUT2D eigenvalue weighted by molar-refractivity contribution is -0.146. The molecule has 0 unspecified atom stereocenters. The average Bonchev–Trinajstić information content (AvgIpc) is 3.34. The molecule has 6 nitrogen and oxygen atoms in total. The topological polar surface area (TPSA) is 74.4 Å². The summed E-state index contributed by atoms with van der Waals surface area (Å²) < 4.78 is 5.00. The van der Waals surface area contributed by atoms with Gasteiger partial charge in [0.2, 0.25) is 0 Å². The number of amides is 1. The van der Waals surface area contributed by atoms with E-state index in [-0.39, 0.29) is 24.0 Å². The van der Waals surface area contributed by atoms with Gasteiger partial charge in [-0.25, -0.2) is 0 Å². The summed E-state index contributed by atoms with van der Waals surface area (Å²) in [6.07, 6.45) is 0.526. The molecule has 1 aromatic heterocycles. The molecule has 168 valence electrons. The van der Waals surface area contributed by atoms with E-state index in [2.05, 4.69) is 29.0 Å². The molecule has 0 spiro atoms. The number of nitrogens with zero attached hydrogens (tertiary/aromatic N) is 1. The van der Waals surface area contributed by atoms with E-state index in [9.17, 15) is 9.59 Å². The maximum Gasteiger partial charge on any atom is 0.323 e. The van der Waals surface area contributed by atoms with E-state index in [4.69, 9.17) is 16.3 Å². The molecule has 2 aromatic carbocycles. The van der Waals surface area contributed by atoms with Crippen molar-refractivity contribution in [3.63, 3.8) is 0 Å². The van der Waals surface area contributed by atoms with Gasteiger partial charge in [-0.1, -0.05) is 55.8 Å². The summed E-state index contributed by atoms with van der Waals surface area (Å²) >= 11 is 6.26. The molecule has 0 saturated carbocycles. The number of rotatable bonds is 6. The standard InChI is InChI=1S/C25H28ClN3O3/c1-15(2)13-29-14-18(12-21(29)25(31)32-3)27-24(30)23-22(16-7-5-4-6-8-16)19-11-17(26)9-10-20(19)28-23/h4-11,15,18,21,28H,12-14H2,1-3H3,(H,27,30)/t18-,21+/m1/s1.